The van der Waals surface area contributed by atoms with Gasteiger partial charge in [0.25, 0.3) is 0 Å². The lowest BCUT2D eigenvalue weighted by molar-refractivity contribution is -0.146. The molecular formula is C50H60Cl2FN7O6. The predicted octanol–water partition coefficient (Wildman–Crippen LogP) is 6.77. The Morgan fingerprint density at radius 2 is 1.67 bits per heavy atom. The van der Waals surface area contributed by atoms with Crippen molar-refractivity contribution >= 4 is 64.2 Å². The Morgan fingerprint density at radius 1 is 0.894 bits per heavy atom. The van der Waals surface area contributed by atoms with Crippen LogP contribution in [0.2, 0.25) is 10.0 Å². The van der Waals surface area contributed by atoms with Crippen LogP contribution in [0.1, 0.15) is 106 Å². The Kier molecular flexibility index (Phi) is 13.8. The number of nitrogens with zero attached hydrogens (tertiary/aromatic N) is 2. The van der Waals surface area contributed by atoms with Crippen molar-refractivity contribution < 1.29 is 33.5 Å². The molecule has 1 unspecified atom stereocenters. The first-order valence-corrected chi connectivity index (χ1v) is 24.6. The molecule has 3 aromatic carbocycles. The molecule has 16 heteroatoms. The lowest BCUT2D eigenvalue weighted by atomic mass is 9.55. The molecule has 6 aliphatic rings. The third kappa shape index (κ3) is 9.08. The topological polar surface area (TPSA) is 172 Å². The second-order valence-corrected chi connectivity index (χ2v) is 20.4. The van der Waals surface area contributed by atoms with Crippen LogP contribution >= 0.6 is 23.2 Å². The van der Waals surface area contributed by atoms with Gasteiger partial charge < -0.3 is 21.1 Å². The zero-order valence-corrected chi connectivity index (χ0v) is 38.7. The molecule has 4 amide bonds. The fourth-order valence-corrected chi connectivity index (χ4v) is 12.7. The van der Waals surface area contributed by atoms with E-state index in [1.807, 2.05) is 18.2 Å². The van der Waals surface area contributed by atoms with E-state index in [1.54, 1.807) is 24.3 Å². The fraction of sp³-hybridized carbons (Fsp3) is 0.540. The molecule has 3 saturated heterocycles. The van der Waals surface area contributed by atoms with Crippen LogP contribution in [0.4, 0.5) is 15.8 Å². The second-order valence-electron chi connectivity index (χ2n) is 19.5. The van der Waals surface area contributed by atoms with Crippen LogP contribution in [0.15, 0.2) is 60.7 Å². The van der Waals surface area contributed by atoms with Gasteiger partial charge in [0.05, 0.1) is 11.1 Å². The van der Waals surface area contributed by atoms with Crippen molar-refractivity contribution in [3.63, 3.8) is 0 Å². The minimum absolute atomic E-state index is 0.0647. The molecule has 0 bridgehead atoms. The first-order chi connectivity index (χ1) is 31.8. The van der Waals surface area contributed by atoms with Gasteiger partial charge >= 0.3 is 5.97 Å². The van der Waals surface area contributed by atoms with Crippen LogP contribution in [0.25, 0.3) is 0 Å². The van der Waals surface area contributed by atoms with Gasteiger partial charge in [0.1, 0.15) is 23.3 Å². The number of amides is 4. The summed E-state index contributed by atoms with van der Waals surface area (Å²) in [5.74, 6) is -3.11. The number of rotatable bonds is 13. The number of carboxylic acid groups (broad SMARTS) is 1. The van der Waals surface area contributed by atoms with Gasteiger partial charge in [0.15, 0.2) is 0 Å². The first kappa shape index (κ1) is 46.5. The number of carbonyl (C=O) groups excluding carboxylic acids is 4. The number of aliphatic carboxylic acids is 1. The summed E-state index contributed by atoms with van der Waals surface area (Å²) in [7, 11) is 0. The smallest absolute Gasteiger partial charge is 0.322 e. The third-order valence-electron chi connectivity index (χ3n) is 15.6. The van der Waals surface area contributed by atoms with E-state index in [-0.39, 0.29) is 46.2 Å². The molecule has 5 atom stereocenters. The van der Waals surface area contributed by atoms with Gasteiger partial charge in [-0.3, -0.25) is 44.4 Å². The highest BCUT2D eigenvalue weighted by atomic mass is 35.5. The minimum atomic E-state index is -1.29. The lowest BCUT2D eigenvalue weighted by Gasteiger charge is -2.47. The molecule has 66 heavy (non-hydrogen) atoms. The SMILES string of the molecule is O=C1CCC(Nc2ccc(CCCCN3CCN(CC4CCC(NC(=O)[C@@H]5NC6(CCCCC6)[C@@]6(C(=O)Nc7cc(Cl)ccc76)[C@H]5c5cccc(Cl)c5F)CC4)[C@H](C(=O)O)C3)cc2)C(=O)N1. The van der Waals surface area contributed by atoms with Gasteiger partial charge in [0.2, 0.25) is 23.6 Å². The molecule has 6 N–H and O–H groups in total. The van der Waals surface area contributed by atoms with E-state index >= 15 is 4.39 Å². The molecule has 9 rings (SSSR count). The Hall–Kier alpha value is -4.60. The van der Waals surface area contributed by atoms with Crippen molar-refractivity contribution in [2.75, 3.05) is 43.4 Å². The number of hydrogen-bond donors (Lipinski definition) is 6. The zero-order valence-electron chi connectivity index (χ0n) is 37.2. The Balaban J connectivity index is 0.790. The second kappa shape index (κ2) is 19.6. The standard InChI is InChI=1S/C50H60Cl2FN7O6/c51-32-14-19-36-39(27-32)56-48(66)50(36)42(35-8-6-9-37(52)43(35)53)44(58-49(50)22-3-1-4-23-49)46(63)55-34-17-12-31(13-18-34)28-60-26-25-59(29-40(60)47(64)65)24-5-2-7-30-10-15-33(16-11-30)54-38-20-21-41(61)57-45(38)62/h6,8-11,14-16,19,27,31,34,38,40,42,44,54,58H,1-5,7,12-13,17-18,20-26,28-29H2,(H,55,63)(H,56,66)(H,64,65)(H,57,61,62)/t31?,34?,38?,40-,42-,44+,50+/m0/s1. The Morgan fingerprint density at radius 3 is 2.41 bits per heavy atom. The number of aryl methyl sites for hydroxylation is 1. The molecule has 2 spiro atoms. The van der Waals surface area contributed by atoms with Crippen LogP contribution in [-0.2, 0) is 35.8 Å². The molecule has 0 radical (unpaired) electrons. The van der Waals surface area contributed by atoms with E-state index in [2.05, 4.69) is 48.5 Å². The van der Waals surface area contributed by atoms with E-state index in [9.17, 15) is 29.1 Å². The number of halogens is 3. The van der Waals surface area contributed by atoms with E-state index < -0.39 is 46.8 Å². The molecular weight excluding hydrogens is 884 g/mol. The zero-order chi connectivity index (χ0) is 46.2. The number of benzene rings is 3. The van der Waals surface area contributed by atoms with Crippen LogP contribution < -0.4 is 26.6 Å². The molecule has 2 saturated carbocycles. The lowest BCUT2D eigenvalue weighted by Crippen LogP contribution is -2.60. The summed E-state index contributed by atoms with van der Waals surface area (Å²) in [4.78, 5) is 70.0. The number of unbranched alkanes of at least 4 members (excludes halogenated alkanes) is 1. The number of fused-ring (bicyclic) bond motifs is 3. The van der Waals surface area contributed by atoms with Crippen molar-refractivity contribution in [3.05, 3.63) is 93.2 Å². The maximum absolute atomic E-state index is 16.3. The number of piperazine rings is 1. The molecule has 352 valence electrons. The number of hydrogen-bond acceptors (Lipinski definition) is 9. The highest BCUT2D eigenvalue weighted by Gasteiger charge is 2.72. The summed E-state index contributed by atoms with van der Waals surface area (Å²) in [6.07, 6.45) is 10.7. The molecule has 4 heterocycles. The van der Waals surface area contributed by atoms with Gasteiger partial charge in [-0.2, -0.15) is 0 Å². The van der Waals surface area contributed by atoms with E-state index in [1.165, 1.54) is 11.6 Å². The van der Waals surface area contributed by atoms with Gasteiger partial charge in [-0.1, -0.05) is 72.8 Å². The normalized spacial score (nSPS) is 28.8. The number of carbonyl (C=O) groups is 5. The molecule has 3 aromatic rings. The van der Waals surface area contributed by atoms with Crippen LogP contribution in [0, 0.1) is 11.7 Å². The van der Waals surface area contributed by atoms with Crippen LogP contribution in [0.3, 0.4) is 0 Å². The number of anilines is 2. The van der Waals surface area contributed by atoms with Gasteiger partial charge in [0, 0.05) is 66.5 Å². The molecule has 5 fully saturated rings. The van der Waals surface area contributed by atoms with E-state index in [0.717, 1.165) is 83.0 Å². The summed E-state index contributed by atoms with van der Waals surface area (Å²) in [6.45, 7) is 3.46. The van der Waals surface area contributed by atoms with Crippen molar-refractivity contribution in [1.29, 1.82) is 0 Å². The summed E-state index contributed by atoms with van der Waals surface area (Å²) < 4.78 is 16.3. The van der Waals surface area contributed by atoms with Crippen LogP contribution in [-0.4, -0.2) is 107 Å². The highest BCUT2D eigenvalue weighted by Crippen LogP contribution is 2.63. The number of carboxylic acids is 1. The average Bonchev–Trinajstić information content (AvgIpc) is 3.76. The van der Waals surface area contributed by atoms with Crippen molar-refractivity contribution in [1.82, 2.24) is 25.8 Å². The molecule has 0 aromatic heterocycles. The first-order valence-electron chi connectivity index (χ1n) is 23.9. The number of imide groups is 1. The van der Waals surface area contributed by atoms with E-state index in [4.69, 9.17) is 23.2 Å². The van der Waals surface area contributed by atoms with Crippen molar-refractivity contribution in [2.45, 2.75) is 131 Å². The summed E-state index contributed by atoms with van der Waals surface area (Å²) in [5, 5.41) is 26.5. The van der Waals surface area contributed by atoms with Gasteiger partial charge in [-0.05, 0) is 124 Å². The molecule has 4 aliphatic heterocycles. The van der Waals surface area contributed by atoms with Crippen molar-refractivity contribution in [3.8, 4) is 0 Å². The summed E-state index contributed by atoms with van der Waals surface area (Å²) in [6, 6.07) is 16.1. The predicted molar refractivity (Wildman–Crippen MR) is 251 cm³/mol. The number of nitrogens with one attached hydrogen (secondary N) is 5. The summed E-state index contributed by atoms with van der Waals surface area (Å²) >= 11 is 12.9. The average molecular weight is 945 g/mol. The largest absolute Gasteiger partial charge is 0.480 e. The highest BCUT2D eigenvalue weighted by molar-refractivity contribution is 6.31. The minimum Gasteiger partial charge on any atom is -0.480 e. The van der Waals surface area contributed by atoms with Crippen LogP contribution in [0.5, 0.6) is 0 Å². The Labute approximate surface area is 395 Å². The third-order valence-corrected chi connectivity index (χ3v) is 16.1. The van der Waals surface area contributed by atoms with Gasteiger partial charge in [-0.25, -0.2) is 4.39 Å². The van der Waals surface area contributed by atoms with E-state index in [0.29, 0.717) is 61.6 Å². The van der Waals surface area contributed by atoms with Gasteiger partial charge in [-0.15, -0.1) is 0 Å². The Bertz CT molecular complexity index is 2340. The molecule has 13 nitrogen and oxygen atoms in total. The quantitative estimate of drug-likeness (QED) is 0.0795. The number of piperidine rings is 1. The maximum atomic E-state index is 16.3. The molecule has 2 aliphatic carbocycles. The summed E-state index contributed by atoms with van der Waals surface area (Å²) in [5.41, 5.74) is 1.45. The maximum Gasteiger partial charge on any atom is 0.322 e. The monoisotopic (exact) mass is 943 g/mol. The van der Waals surface area contributed by atoms with Crippen molar-refractivity contribution in [2.24, 2.45) is 5.92 Å². The fourth-order valence-electron chi connectivity index (χ4n) is 12.3.